The van der Waals surface area contributed by atoms with E-state index in [1.807, 2.05) is 30.9 Å². The van der Waals surface area contributed by atoms with Crippen molar-refractivity contribution in [2.24, 2.45) is 5.92 Å². The van der Waals surface area contributed by atoms with Crippen LogP contribution in [-0.2, 0) is 9.59 Å². The first-order valence-electron chi connectivity index (χ1n) is 11.8. The van der Waals surface area contributed by atoms with E-state index in [0.717, 1.165) is 25.8 Å². The second-order valence-electron chi connectivity index (χ2n) is 9.66. The number of hydrogen-bond donors (Lipinski definition) is 0. The lowest BCUT2D eigenvalue weighted by molar-refractivity contribution is -0.150. The maximum Gasteiger partial charge on any atom is 0.274 e. The first kappa shape index (κ1) is 23.4. The van der Waals surface area contributed by atoms with Crippen LogP contribution in [0.3, 0.4) is 0 Å². The summed E-state index contributed by atoms with van der Waals surface area (Å²) in [5, 5.41) is 0. The molecule has 3 fully saturated rings. The molecule has 3 aliphatic heterocycles. The van der Waals surface area contributed by atoms with Crippen LogP contribution < -0.4 is 4.90 Å². The normalized spacial score (nSPS) is 26.6. The highest BCUT2D eigenvalue weighted by Crippen LogP contribution is 2.26. The molecule has 3 aliphatic rings. The van der Waals surface area contributed by atoms with Crippen LogP contribution in [0.1, 0.15) is 36.7 Å². The fourth-order valence-corrected chi connectivity index (χ4v) is 5.14. The van der Waals surface area contributed by atoms with E-state index in [9.17, 15) is 14.4 Å². The molecule has 1 aromatic rings. The predicted octanol–water partition coefficient (Wildman–Crippen LogP) is 0.158. The molecule has 0 bridgehead atoms. The van der Waals surface area contributed by atoms with Crippen molar-refractivity contribution in [1.82, 2.24) is 29.6 Å². The molecule has 10 nitrogen and oxygen atoms in total. The van der Waals surface area contributed by atoms with Crippen LogP contribution in [0.4, 0.5) is 5.82 Å². The lowest BCUT2D eigenvalue weighted by Gasteiger charge is -2.43. The molecular formula is C23H35N7O3. The molecule has 0 saturated carbocycles. The smallest absolute Gasteiger partial charge is 0.274 e. The molecule has 4 heterocycles. The number of likely N-dealkylation sites (tertiary alicyclic amines) is 2. The Hall–Kier alpha value is -2.75. The highest BCUT2D eigenvalue weighted by molar-refractivity contribution is 5.92. The average Bonchev–Trinajstić information content (AvgIpc) is 3.16. The minimum Gasteiger partial charge on any atom is -0.361 e. The van der Waals surface area contributed by atoms with Gasteiger partial charge in [-0.05, 0) is 39.8 Å². The zero-order valence-corrected chi connectivity index (χ0v) is 20.1. The van der Waals surface area contributed by atoms with Gasteiger partial charge in [0.2, 0.25) is 11.8 Å². The van der Waals surface area contributed by atoms with Crippen molar-refractivity contribution in [2.45, 2.75) is 38.3 Å². The van der Waals surface area contributed by atoms with E-state index in [1.165, 1.54) is 6.20 Å². The number of nitrogens with zero attached hydrogens (tertiary/aromatic N) is 7. The van der Waals surface area contributed by atoms with Gasteiger partial charge in [0.1, 0.15) is 11.5 Å². The molecule has 10 heteroatoms. The fraction of sp³-hybridized carbons (Fsp3) is 0.696. The number of piperidine rings is 1. The molecule has 0 radical (unpaired) electrons. The zero-order chi connectivity index (χ0) is 23.7. The van der Waals surface area contributed by atoms with Crippen molar-refractivity contribution in [1.29, 1.82) is 0 Å². The Kier molecular flexibility index (Phi) is 6.83. The summed E-state index contributed by atoms with van der Waals surface area (Å²) in [6.45, 7) is 5.34. The summed E-state index contributed by atoms with van der Waals surface area (Å²) in [6.07, 6.45) is 5.65. The zero-order valence-electron chi connectivity index (χ0n) is 20.1. The first-order chi connectivity index (χ1) is 15.8. The lowest BCUT2D eigenvalue weighted by Crippen LogP contribution is -2.60. The van der Waals surface area contributed by atoms with Gasteiger partial charge in [-0.3, -0.25) is 14.4 Å². The van der Waals surface area contributed by atoms with Gasteiger partial charge in [0.15, 0.2) is 0 Å². The van der Waals surface area contributed by atoms with Crippen molar-refractivity contribution in [3.63, 3.8) is 0 Å². The standard InChI is InChI=1S/C23H35N7O3/c1-16-18(7-9-27(16)4)22(32)29-10-11-30(21(31)15-29)17-6-5-8-28(14-17)23(33)19-12-25-20(13-24-19)26(2)3/h12-13,16-18H,5-11,14-15H2,1-4H3/t16-,17?,18-/m1/s1. The molecule has 3 saturated heterocycles. The van der Waals surface area contributed by atoms with Crippen LogP contribution in [0, 0.1) is 5.92 Å². The molecule has 0 spiro atoms. The van der Waals surface area contributed by atoms with Crippen LogP contribution in [0.5, 0.6) is 0 Å². The Morgan fingerprint density at radius 1 is 1.03 bits per heavy atom. The molecule has 1 unspecified atom stereocenters. The molecule has 0 aromatic carbocycles. The quantitative estimate of drug-likeness (QED) is 0.636. The Morgan fingerprint density at radius 3 is 2.42 bits per heavy atom. The van der Waals surface area contributed by atoms with E-state index in [1.54, 1.807) is 16.0 Å². The molecular weight excluding hydrogens is 422 g/mol. The molecule has 0 N–H and O–H groups in total. The van der Waals surface area contributed by atoms with Gasteiger partial charge >= 0.3 is 0 Å². The van der Waals surface area contributed by atoms with Crippen LogP contribution >= 0.6 is 0 Å². The molecule has 33 heavy (non-hydrogen) atoms. The number of carbonyl (C=O) groups excluding carboxylic acids is 3. The van der Waals surface area contributed by atoms with E-state index in [4.69, 9.17) is 0 Å². The number of carbonyl (C=O) groups is 3. The minimum atomic E-state index is -0.155. The second kappa shape index (κ2) is 9.62. The van der Waals surface area contributed by atoms with Crippen LogP contribution in [0.15, 0.2) is 12.4 Å². The summed E-state index contributed by atoms with van der Waals surface area (Å²) in [6, 6.07) is 0.177. The molecule has 0 aliphatic carbocycles. The van der Waals surface area contributed by atoms with Crippen LogP contribution in [0.2, 0.25) is 0 Å². The van der Waals surface area contributed by atoms with E-state index >= 15 is 0 Å². The second-order valence-corrected chi connectivity index (χ2v) is 9.66. The Morgan fingerprint density at radius 2 is 1.82 bits per heavy atom. The summed E-state index contributed by atoms with van der Waals surface area (Å²) in [7, 11) is 5.79. The van der Waals surface area contributed by atoms with Gasteiger partial charge in [-0.25, -0.2) is 9.97 Å². The van der Waals surface area contributed by atoms with Gasteiger partial charge in [0.05, 0.1) is 24.9 Å². The van der Waals surface area contributed by atoms with Gasteiger partial charge in [-0.2, -0.15) is 0 Å². The molecule has 3 amide bonds. The summed E-state index contributed by atoms with van der Waals surface area (Å²) in [5.74, 6) is 0.582. The van der Waals surface area contributed by atoms with Crippen molar-refractivity contribution in [2.75, 3.05) is 65.3 Å². The fourth-order valence-electron chi connectivity index (χ4n) is 5.14. The third kappa shape index (κ3) is 4.80. The largest absolute Gasteiger partial charge is 0.361 e. The van der Waals surface area contributed by atoms with Gasteiger partial charge in [-0.1, -0.05) is 0 Å². The van der Waals surface area contributed by atoms with Gasteiger partial charge in [0.25, 0.3) is 5.91 Å². The van der Waals surface area contributed by atoms with Crippen LogP contribution in [0.25, 0.3) is 0 Å². The third-order valence-corrected chi connectivity index (χ3v) is 7.40. The van der Waals surface area contributed by atoms with Crippen LogP contribution in [-0.4, -0.2) is 120 Å². The number of amides is 3. The van der Waals surface area contributed by atoms with E-state index in [2.05, 4.69) is 21.8 Å². The van der Waals surface area contributed by atoms with Crippen molar-refractivity contribution < 1.29 is 14.4 Å². The average molecular weight is 458 g/mol. The molecule has 4 rings (SSSR count). The van der Waals surface area contributed by atoms with E-state index in [0.29, 0.717) is 37.7 Å². The number of hydrogen-bond acceptors (Lipinski definition) is 7. The lowest BCUT2D eigenvalue weighted by atomic mass is 9.99. The van der Waals surface area contributed by atoms with E-state index < -0.39 is 0 Å². The monoisotopic (exact) mass is 457 g/mol. The van der Waals surface area contributed by atoms with Gasteiger partial charge < -0.3 is 24.5 Å². The summed E-state index contributed by atoms with van der Waals surface area (Å²) in [4.78, 5) is 57.0. The van der Waals surface area contributed by atoms with Gasteiger partial charge in [0, 0.05) is 52.4 Å². The summed E-state index contributed by atoms with van der Waals surface area (Å²) in [5.41, 5.74) is 0.318. The maximum absolute atomic E-state index is 13.0. The Bertz CT molecular complexity index is 891. The number of anilines is 1. The van der Waals surface area contributed by atoms with E-state index in [-0.39, 0.29) is 42.3 Å². The number of piperazine rings is 1. The summed E-state index contributed by atoms with van der Waals surface area (Å²) >= 11 is 0. The molecule has 1 aromatic heterocycles. The Labute approximate surface area is 195 Å². The summed E-state index contributed by atoms with van der Waals surface area (Å²) < 4.78 is 0. The van der Waals surface area contributed by atoms with Crippen molar-refractivity contribution >= 4 is 23.5 Å². The predicted molar refractivity (Wildman–Crippen MR) is 124 cm³/mol. The topological polar surface area (TPSA) is 93.2 Å². The SMILES string of the molecule is C[C@@H]1[C@H](C(=O)N2CCN(C3CCCN(C(=O)c4cnc(N(C)C)cn4)C3)C(=O)C2)CCN1C. The molecule has 3 atom stereocenters. The third-order valence-electron chi connectivity index (χ3n) is 7.40. The highest BCUT2D eigenvalue weighted by atomic mass is 16.2. The highest BCUT2D eigenvalue weighted by Gasteiger charge is 2.40. The minimum absolute atomic E-state index is 0.0250. The van der Waals surface area contributed by atoms with Gasteiger partial charge in [-0.15, -0.1) is 0 Å². The maximum atomic E-state index is 13.0. The number of rotatable bonds is 4. The van der Waals surface area contributed by atoms with Crippen molar-refractivity contribution in [3.05, 3.63) is 18.1 Å². The van der Waals surface area contributed by atoms with Crippen molar-refractivity contribution in [3.8, 4) is 0 Å². The Balaban J connectivity index is 1.35. The first-order valence-corrected chi connectivity index (χ1v) is 11.8. The number of aromatic nitrogens is 2. The molecule has 180 valence electrons.